The molecule has 1 amide bonds. The molecule has 0 radical (unpaired) electrons. The predicted molar refractivity (Wildman–Crippen MR) is 110 cm³/mol. The van der Waals surface area contributed by atoms with Gasteiger partial charge in [-0.1, -0.05) is 12.5 Å². The zero-order valence-electron chi connectivity index (χ0n) is 16.0. The van der Waals surface area contributed by atoms with Crippen molar-refractivity contribution in [2.24, 2.45) is 0 Å². The highest BCUT2D eigenvalue weighted by molar-refractivity contribution is 7.99. The molecule has 1 aromatic heterocycles. The number of nitrogens with zero attached hydrogens (tertiary/aromatic N) is 2. The Morgan fingerprint density at radius 1 is 1.19 bits per heavy atom. The van der Waals surface area contributed by atoms with Crippen molar-refractivity contribution < 1.29 is 4.79 Å². The molecular weight excluding hydrogens is 354 g/mol. The number of aryl methyl sites for hydroxylation is 4. The molecule has 0 saturated carbocycles. The van der Waals surface area contributed by atoms with E-state index in [1.165, 1.54) is 35.7 Å². The van der Waals surface area contributed by atoms with Crippen LogP contribution in [-0.2, 0) is 17.6 Å². The lowest BCUT2D eigenvalue weighted by Crippen LogP contribution is -2.12. The van der Waals surface area contributed by atoms with Crippen molar-refractivity contribution in [1.82, 2.24) is 4.98 Å². The van der Waals surface area contributed by atoms with Crippen LogP contribution in [0.25, 0.3) is 0 Å². The van der Waals surface area contributed by atoms with Crippen LogP contribution in [0.5, 0.6) is 0 Å². The normalized spacial score (nSPS) is 13.4. The summed E-state index contributed by atoms with van der Waals surface area (Å²) >= 11 is 1.50. The number of aromatic nitrogens is 1. The lowest BCUT2D eigenvalue weighted by molar-refractivity contribution is -0.115. The number of thioether (sulfide) groups is 1. The monoisotopic (exact) mass is 379 g/mol. The standard InChI is InChI=1S/C22H25N3OS/c1-15-8-9-19(12-16(15)2)24-21(26)10-11-27-22-18(14-23)13-17-6-4-3-5-7-20(17)25-22/h8-9,12-13H,3-7,10-11H2,1-2H3,(H,24,26). The maximum atomic E-state index is 12.2. The Bertz CT molecular complexity index is 886. The number of rotatable bonds is 5. The molecule has 0 atom stereocenters. The van der Waals surface area contributed by atoms with E-state index in [4.69, 9.17) is 4.98 Å². The van der Waals surface area contributed by atoms with E-state index in [-0.39, 0.29) is 5.91 Å². The lowest BCUT2D eigenvalue weighted by atomic mass is 10.1. The van der Waals surface area contributed by atoms with E-state index in [1.54, 1.807) is 0 Å². The molecule has 0 saturated heterocycles. The van der Waals surface area contributed by atoms with Gasteiger partial charge in [0.2, 0.25) is 5.91 Å². The van der Waals surface area contributed by atoms with Crippen molar-refractivity contribution in [3.63, 3.8) is 0 Å². The van der Waals surface area contributed by atoms with E-state index in [1.807, 2.05) is 31.2 Å². The molecule has 5 heteroatoms. The number of fused-ring (bicyclic) bond motifs is 1. The van der Waals surface area contributed by atoms with Gasteiger partial charge in [-0.05, 0) is 74.4 Å². The Labute approximate surface area is 165 Å². The molecule has 2 aromatic rings. The van der Waals surface area contributed by atoms with Gasteiger partial charge in [-0.2, -0.15) is 5.26 Å². The molecule has 0 bridgehead atoms. The Morgan fingerprint density at radius 3 is 2.78 bits per heavy atom. The van der Waals surface area contributed by atoms with E-state index < -0.39 is 0 Å². The summed E-state index contributed by atoms with van der Waals surface area (Å²) < 4.78 is 0. The second-order valence-electron chi connectivity index (χ2n) is 7.07. The molecule has 1 aliphatic carbocycles. The summed E-state index contributed by atoms with van der Waals surface area (Å²) in [6, 6.07) is 10.2. The Morgan fingerprint density at radius 2 is 2.00 bits per heavy atom. The molecular formula is C22H25N3OS. The Balaban J connectivity index is 1.59. The highest BCUT2D eigenvalue weighted by Gasteiger charge is 2.15. The first-order chi connectivity index (χ1) is 13.1. The first kappa shape index (κ1) is 19.4. The summed E-state index contributed by atoms with van der Waals surface area (Å²) in [5.41, 5.74) is 6.19. The van der Waals surface area contributed by atoms with Gasteiger partial charge in [0.05, 0.1) is 5.56 Å². The first-order valence-corrected chi connectivity index (χ1v) is 10.5. The summed E-state index contributed by atoms with van der Waals surface area (Å²) in [5, 5.41) is 13.2. The van der Waals surface area contributed by atoms with Gasteiger partial charge in [-0.25, -0.2) is 4.98 Å². The van der Waals surface area contributed by atoms with E-state index in [0.717, 1.165) is 41.2 Å². The number of carbonyl (C=O) groups excluding carboxylic acids is 1. The minimum Gasteiger partial charge on any atom is -0.326 e. The van der Waals surface area contributed by atoms with Crippen LogP contribution in [0.1, 0.15) is 53.6 Å². The largest absolute Gasteiger partial charge is 0.326 e. The van der Waals surface area contributed by atoms with Crippen molar-refractivity contribution >= 4 is 23.4 Å². The van der Waals surface area contributed by atoms with E-state index >= 15 is 0 Å². The fourth-order valence-electron chi connectivity index (χ4n) is 3.26. The number of hydrogen-bond acceptors (Lipinski definition) is 4. The number of hydrogen-bond donors (Lipinski definition) is 1. The number of nitriles is 1. The van der Waals surface area contributed by atoms with E-state index in [9.17, 15) is 10.1 Å². The lowest BCUT2D eigenvalue weighted by Gasteiger charge is -2.10. The summed E-state index contributed by atoms with van der Waals surface area (Å²) in [6.07, 6.45) is 5.95. The van der Waals surface area contributed by atoms with E-state index in [0.29, 0.717) is 17.7 Å². The molecule has 1 heterocycles. The zero-order chi connectivity index (χ0) is 19.2. The highest BCUT2D eigenvalue weighted by Crippen LogP contribution is 2.27. The van der Waals surface area contributed by atoms with Crippen molar-refractivity contribution in [3.8, 4) is 6.07 Å². The molecule has 1 aromatic carbocycles. The fourth-order valence-corrected chi connectivity index (χ4v) is 4.18. The van der Waals surface area contributed by atoms with Crippen LogP contribution < -0.4 is 5.32 Å². The molecule has 0 unspecified atom stereocenters. The van der Waals surface area contributed by atoms with E-state index in [2.05, 4.69) is 18.3 Å². The number of benzene rings is 1. The third-order valence-electron chi connectivity index (χ3n) is 4.99. The molecule has 4 nitrogen and oxygen atoms in total. The highest BCUT2D eigenvalue weighted by atomic mass is 32.2. The van der Waals surface area contributed by atoms with Gasteiger partial charge in [0.1, 0.15) is 11.1 Å². The van der Waals surface area contributed by atoms with Crippen LogP contribution in [0.15, 0.2) is 29.3 Å². The fraction of sp³-hybridized carbons (Fsp3) is 0.409. The average Bonchev–Trinajstić information content (AvgIpc) is 2.88. The number of nitrogens with one attached hydrogen (secondary N) is 1. The van der Waals surface area contributed by atoms with Gasteiger partial charge in [0, 0.05) is 23.6 Å². The summed E-state index contributed by atoms with van der Waals surface area (Å²) in [6.45, 7) is 4.09. The molecule has 0 fully saturated rings. The third-order valence-corrected chi connectivity index (χ3v) is 5.99. The van der Waals surface area contributed by atoms with Crippen molar-refractivity contribution in [2.45, 2.75) is 57.4 Å². The van der Waals surface area contributed by atoms with Crippen molar-refractivity contribution in [2.75, 3.05) is 11.1 Å². The number of carbonyl (C=O) groups is 1. The molecule has 1 N–H and O–H groups in total. The third kappa shape index (κ3) is 5.11. The van der Waals surface area contributed by atoms with Gasteiger partial charge in [0.15, 0.2) is 0 Å². The van der Waals surface area contributed by atoms with Crippen LogP contribution in [0.3, 0.4) is 0 Å². The Hall–Kier alpha value is -2.32. The molecule has 1 aliphatic rings. The second-order valence-corrected chi connectivity index (χ2v) is 8.15. The van der Waals surface area contributed by atoms with Crippen LogP contribution in [0, 0.1) is 25.2 Å². The van der Waals surface area contributed by atoms with Gasteiger partial charge >= 0.3 is 0 Å². The SMILES string of the molecule is Cc1ccc(NC(=O)CCSc2nc3c(cc2C#N)CCCCC3)cc1C. The van der Waals surface area contributed by atoms with Gasteiger partial charge < -0.3 is 5.32 Å². The van der Waals surface area contributed by atoms with Gasteiger partial charge in [-0.3, -0.25) is 4.79 Å². The first-order valence-electron chi connectivity index (χ1n) is 9.49. The zero-order valence-corrected chi connectivity index (χ0v) is 16.8. The van der Waals surface area contributed by atoms with Crippen LogP contribution in [0.2, 0.25) is 0 Å². The average molecular weight is 380 g/mol. The number of pyridine rings is 1. The number of anilines is 1. The minimum atomic E-state index is -0.0148. The smallest absolute Gasteiger partial charge is 0.225 e. The minimum absolute atomic E-state index is 0.0148. The molecule has 3 rings (SSSR count). The van der Waals surface area contributed by atoms with Crippen LogP contribution in [-0.4, -0.2) is 16.6 Å². The summed E-state index contributed by atoms with van der Waals surface area (Å²) in [5.74, 6) is 0.593. The molecule has 0 spiro atoms. The topological polar surface area (TPSA) is 65.8 Å². The van der Waals surface area contributed by atoms with Crippen LogP contribution in [0.4, 0.5) is 5.69 Å². The Kier molecular flexibility index (Phi) is 6.52. The van der Waals surface area contributed by atoms with Crippen molar-refractivity contribution in [1.29, 1.82) is 5.26 Å². The second kappa shape index (κ2) is 9.05. The molecule has 0 aliphatic heterocycles. The van der Waals surface area contributed by atoms with Gasteiger partial charge in [0.25, 0.3) is 0 Å². The van der Waals surface area contributed by atoms with Gasteiger partial charge in [-0.15, -0.1) is 11.8 Å². The molecule has 140 valence electrons. The maximum Gasteiger partial charge on any atom is 0.225 e. The van der Waals surface area contributed by atoms with Crippen molar-refractivity contribution in [3.05, 3.63) is 52.2 Å². The molecule has 27 heavy (non-hydrogen) atoms. The number of amides is 1. The predicted octanol–water partition coefficient (Wildman–Crippen LogP) is 4.96. The maximum absolute atomic E-state index is 12.2. The quantitative estimate of drug-likeness (QED) is 0.589. The van der Waals surface area contributed by atoms with Crippen LogP contribution >= 0.6 is 11.8 Å². The summed E-state index contributed by atoms with van der Waals surface area (Å²) in [7, 11) is 0. The summed E-state index contributed by atoms with van der Waals surface area (Å²) in [4.78, 5) is 17.0.